The molecule has 4 rings (SSSR count). The number of amides is 1. The van der Waals surface area contributed by atoms with E-state index in [0.717, 1.165) is 12.1 Å². The summed E-state index contributed by atoms with van der Waals surface area (Å²) in [6, 6.07) is 14.6. The smallest absolute Gasteiger partial charge is 0.433 e. The number of halogens is 6. The van der Waals surface area contributed by atoms with Crippen molar-refractivity contribution in [3.8, 4) is 11.8 Å². The zero-order valence-corrected chi connectivity index (χ0v) is 19.3. The minimum Gasteiger partial charge on any atom is -0.491 e. The number of pyridine rings is 1. The van der Waals surface area contributed by atoms with Crippen molar-refractivity contribution in [1.82, 2.24) is 4.98 Å². The number of carbonyl (C=O) groups is 1. The molecule has 198 valence electrons. The molecule has 2 aromatic carbocycles. The highest BCUT2D eigenvalue weighted by Gasteiger charge is 2.51. The van der Waals surface area contributed by atoms with Crippen LogP contribution < -0.4 is 15.0 Å². The van der Waals surface area contributed by atoms with Crippen LogP contribution in [0.1, 0.15) is 21.6 Å². The lowest BCUT2D eigenvalue weighted by Crippen LogP contribution is -2.42. The molecule has 38 heavy (non-hydrogen) atoms. The topological polar surface area (TPSA) is 87.5 Å². The summed E-state index contributed by atoms with van der Waals surface area (Å²) in [6.07, 6.45) is -12.0. The summed E-state index contributed by atoms with van der Waals surface area (Å²) in [5.74, 6) is -0.169. The van der Waals surface area contributed by atoms with Crippen molar-refractivity contribution in [2.45, 2.75) is 24.7 Å². The number of benzene rings is 2. The Hall–Kier alpha value is -4.31. The van der Waals surface area contributed by atoms with Gasteiger partial charge in [0.05, 0.1) is 23.7 Å². The molecule has 2 atom stereocenters. The number of nitrogens with one attached hydrogen (secondary N) is 1. The second kappa shape index (κ2) is 10.6. The fourth-order valence-electron chi connectivity index (χ4n) is 3.76. The lowest BCUT2D eigenvalue weighted by atomic mass is 10.1. The van der Waals surface area contributed by atoms with Crippen LogP contribution in [0.2, 0.25) is 0 Å². The third kappa shape index (κ3) is 6.15. The van der Waals surface area contributed by atoms with E-state index >= 15 is 0 Å². The van der Waals surface area contributed by atoms with E-state index < -0.39 is 54.0 Å². The van der Waals surface area contributed by atoms with Crippen molar-refractivity contribution in [2.75, 3.05) is 23.4 Å². The average molecular weight is 536 g/mol. The fraction of sp³-hybridized carbons (Fsp3) is 0.240. The Morgan fingerprint density at radius 2 is 1.84 bits per heavy atom. The number of ether oxygens (including phenoxy) is 2. The summed E-state index contributed by atoms with van der Waals surface area (Å²) in [4.78, 5) is 16.8. The monoisotopic (exact) mass is 536 g/mol. The molecule has 2 unspecified atom stereocenters. The summed E-state index contributed by atoms with van der Waals surface area (Å²) in [6.45, 7) is -0.739. The molecule has 1 amide bonds. The quantitative estimate of drug-likeness (QED) is 0.425. The van der Waals surface area contributed by atoms with E-state index in [-0.39, 0.29) is 18.1 Å². The number of hydrogen-bond acceptors (Lipinski definition) is 6. The molecule has 2 heterocycles. The van der Waals surface area contributed by atoms with Gasteiger partial charge in [0.15, 0.2) is 0 Å². The van der Waals surface area contributed by atoms with Crippen LogP contribution in [0.25, 0.3) is 0 Å². The van der Waals surface area contributed by atoms with Gasteiger partial charge in [0.25, 0.3) is 5.91 Å². The number of nitrogens with zero attached hydrogens (tertiary/aromatic N) is 3. The lowest BCUT2D eigenvalue weighted by molar-refractivity contribution is -0.215. The molecule has 3 aromatic rings. The van der Waals surface area contributed by atoms with E-state index in [0.29, 0.717) is 16.7 Å². The predicted molar refractivity (Wildman–Crippen MR) is 122 cm³/mol. The molecule has 0 radical (unpaired) electrons. The highest BCUT2D eigenvalue weighted by molar-refractivity contribution is 6.02. The maximum absolute atomic E-state index is 13.7. The minimum absolute atomic E-state index is 0.208. The summed E-state index contributed by atoms with van der Waals surface area (Å²) in [7, 11) is 0. The van der Waals surface area contributed by atoms with E-state index in [9.17, 15) is 31.1 Å². The molecule has 1 fully saturated rings. The molecule has 0 aliphatic carbocycles. The number of hydrogen-bond donors (Lipinski definition) is 1. The number of nitriles is 1. The Labute approximate surface area is 212 Å². The van der Waals surface area contributed by atoms with Crippen LogP contribution in [0.15, 0.2) is 66.9 Å². The molecule has 0 saturated carbocycles. The van der Waals surface area contributed by atoms with Crippen molar-refractivity contribution in [3.63, 3.8) is 0 Å². The molecule has 1 aliphatic rings. The SMILES string of the molecule is N#Cc1ccc(N2CC(COc3ccc(NC(=O)c4ccccn4)cc3)OC2C(F)(F)F)cc1C(F)(F)F. The van der Waals surface area contributed by atoms with Gasteiger partial charge in [-0.25, -0.2) is 0 Å². The van der Waals surface area contributed by atoms with Crippen LogP contribution in [0, 0.1) is 11.3 Å². The van der Waals surface area contributed by atoms with Crippen molar-refractivity contribution in [1.29, 1.82) is 5.26 Å². The number of carbonyl (C=O) groups excluding carboxylic acids is 1. The molecule has 1 aromatic heterocycles. The van der Waals surface area contributed by atoms with Gasteiger partial charge in [-0.05, 0) is 54.6 Å². The highest BCUT2D eigenvalue weighted by atomic mass is 19.4. The first kappa shape index (κ1) is 26.7. The van der Waals surface area contributed by atoms with Crippen LogP contribution in [0.4, 0.5) is 37.7 Å². The third-order valence-corrected chi connectivity index (χ3v) is 5.49. The lowest BCUT2D eigenvalue weighted by Gasteiger charge is -2.27. The molecule has 13 heteroatoms. The van der Waals surface area contributed by atoms with Gasteiger partial charge < -0.3 is 19.7 Å². The Kier molecular flexibility index (Phi) is 7.45. The van der Waals surface area contributed by atoms with Gasteiger partial charge in [-0.15, -0.1) is 0 Å². The van der Waals surface area contributed by atoms with E-state index in [4.69, 9.17) is 14.7 Å². The van der Waals surface area contributed by atoms with Crippen LogP contribution >= 0.6 is 0 Å². The number of anilines is 2. The van der Waals surface area contributed by atoms with Gasteiger partial charge in [-0.1, -0.05) is 6.07 Å². The zero-order chi connectivity index (χ0) is 27.5. The Morgan fingerprint density at radius 3 is 2.45 bits per heavy atom. The maximum Gasteiger partial charge on any atom is 0.433 e. The number of aromatic nitrogens is 1. The van der Waals surface area contributed by atoms with E-state index in [1.807, 2.05) is 0 Å². The minimum atomic E-state index is -4.93. The van der Waals surface area contributed by atoms with E-state index in [1.54, 1.807) is 12.1 Å². The summed E-state index contributed by atoms with van der Waals surface area (Å²) in [5, 5.41) is 11.6. The van der Waals surface area contributed by atoms with Gasteiger partial charge >= 0.3 is 12.4 Å². The third-order valence-electron chi connectivity index (χ3n) is 5.49. The number of rotatable bonds is 6. The van der Waals surface area contributed by atoms with Crippen molar-refractivity contribution in [3.05, 3.63) is 83.7 Å². The van der Waals surface area contributed by atoms with E-state index in [1.165, 1.54) is 42.6 Å². The Balaban J connectivity index is 1.43. The first-order valence-corrected chi connectivity index (χ1v) is 11.0. The van der Waals surface area contributed by atoms with Crippen molar-refractivity contribution in [2.24, 2.45) is 0 Å². The maximum atomic E-state index is 13.7. The van der Waals surface area contributed by atoms with Crippen LogP contribution in [-0.2, 0) is 10.9 Å². The van der Waals surface area contributed by atoms with Crippen LogP contribution in [-0.4, -0.2) is 42.6 Å². The molecule has 1 N–H and O–H groups in total. The first-order chi connectivity index (χ1) is 18.0. The molecule has 1 aliphatic heterocycles. The van der Waals surface area contributed by atoms with E-state index in [2.05, 4.69) is 10.3 Å². The normalized spacial score (nSPS) is 17.7. The van der Waals surface area contributed by atoms with Crippen LogP contribution in [0.5, 0.6) is 5.75 Å². The molecular formula is C25H18F6N4O3. The second-order valence-corrected chi connectivity index (χ2v) is 8.15. The number of alkyl halides is 6. The van der Waals surface area contributed by atoms with Crippen LogP contribution in [0.3, 0.4) is 0 Å². The summed E-state index contributed by atoms with van der Waals surface area (Å²) < 4.78 is 91.6. The Bertz CT molecular complexity index is 1320. The largest absolute Gasteiger partial charge is 0.491 e. The fourth-order valence-corrected chi connectivity index (χ4v) is 3.76. The standard InChI is InChI=1S/C25H18F6N4O3/c26-24(27,28)20-11-17(7-4-15(20)12-32)35-13-19(38-23(35)25(29,30)31)14-37-18-8-5-16(6-9-18)34-22(36)21-3-1-2-10-33-21/h1-11,19,23H,13-14H2,(H,34,36). The molecule has 7 nitrogen and oxygen atoms in total. The van der Waals surface area contributed by atoms with Crippen molar-refractivity contribution < 1.29 is 40.6 Å². The van der Waals surface area contributed by atoms with Gasteiger partial charge in [-0.3, -0.25) is 9.78 Å². The van der Waals surface area contributed by atoms with Gasteiger partial charge in [0.1, 0.15) is 24.2 Å². The summed E-state index contributed by atoms with van der Waals surface area (Å²) >= 11 is 0. The van der Waals surface area contributed by atoms with Crippen molar-refractivity contribution >= 4 is 17.3 Å². The second-order valence-electron chi connectivity index (χ2n) is 8.15. The first-order valence-electron chi connectivity index (χ1n) is 11.0. The molecule has 0 spiro atoms. The molecule has 0 bridgehead atoms. The highest BCUT2D eigenvalue weighted by Crippen LogP contribution is 2.39. The molecule has 1 saturated heterocycles. The molecular weight excluding hydrogens is 518 g/mol. The average Bonchev–Trinajstić information content (AvgIpc) is 3.33. The van der Waals surface area contributed by atoms with Gasteiger partial charge in [0, 0.05) is 17.6 Å². The Morgan fingerprint density at radius 1 is 1.11 bits per heavy atom. The summed E-state index contributed by atoms with van der Waals surface area (Å²) in [5.41, 5.74) is -1.80. The zero-order valence-electron chi connectivity index (χ0n) is 19.3. The van der Waals surface area contributed by atoms with Gasteiger partial charge in [0.2, 0.25) is 6.23 Å². The predicted octanol–water partition coefficient (Wildman–Crippen LogP) is 5.40. The van der Waals surface area contributed by atoms with Gasteiger partial charge in [-0.2, -0.15) is 31.6 Å².